The Morgan fingerprint density at radius 2 is 1.70 bits per heavy atom. The highest BCUT2D eigenvalue weighted by molar-refractivity contribution is 6.31. The van der Waals surface area contributed by atoms with Crippen LogP contribution in [0.5, 0.6) is 0 Å². The number of amides is 1. The Bertz CT molecular complexity index is 1080. The molecule has 3 rings (SSSR count). The predicted octanol–water partition coefficient (Wildman–Crippen LogP) is 3.98. The van der Waals surface area contributed by atoms with E-state index in [4.69, 9.17) is 16.3 Å². The molecule has 0 fully saturated rings. The molecule has 0 spiro atoms. The van der Waals surface area contributed by atoms with Gasteiger partial charge in [0.1, 0.15) is 5.56 Å². The summed E-state index contributed by atoms with van der Waals surface area (Å²) in [6, 6.07) is 15.3. The largest absolute Gasteiger partial charge is 0.452 e. The van der Waals surface area contributed by atoms with Gasteiger partial charge in [-0.15, -0.1) is 0 Å². The van der Waals surface area contributed by atoms with Gasteiger partial charge in [-0.3, -0.25) is 9.48 Å². The maximum absolute atomic E-state index is 12.6. The topological polar surface area (TPSA) is 73.2 Å². The van der Waals surface area contributed by atoms with Crippen LogP contribution in [-0.4, -0.2) is 28.3 Å². The third kappa shape index (κ3) is 5.07. The average molecular weight is 426 g/mol. The van der Waals surface area contributed by atoms with Gasteiger partial charge >= 0.3 is 5.97 Å². The van der Waals surface area contributed by atoms with E-state index < -0.39 is 5.97 Å². The summed E-state index contributed by atoms with van der Waals surface area (Å²) in [5, 5.41) is 7.84. The Morgan fingerprint density at radius 1 is 1.03 bits per heavy atom. The Balaban J connectivity index is 1.60. The number of ether oxygens (including phenoxy) is 1. The Kier molecular flexibility index (Phi) is 6.90. The fraction of sp³-hybridized carbons (Fsp3) is 0.261. The van der Waals surface area contributed by atoms with Gasteiger partial charge in [-0.25, -0.2) is 4.79 Å². The molecule has 0 aliphatic heterocycles. The molecule has 3 aromatic rings. The molecule has 7 heteroatoms. The number of nitrogens with one attached hydrogen (secondary N) is 1. The van der Waals surface area contributed by atoms with Crippen molar-refractivity contribution in [3.05, 3.63) is 87.2 Å². The Morgan fingerprint density at radius 3 is 2.40 bits per heavy atom. The molecular formula is C23H24ClN3O3. The second kappa shape index (κ2) is 9.59. The van der Waals surface area contributed by atoms with E-state index in [0.717, 1.165) is 16.7 Å². The number of carbonyl (C=O) groups excluding carboxylic acids is 2. The molecule has 1 heterocycles. The first-order valence-corrected chi connectivity index (χ1v) is 10.0. The van der Waals surface area contributed by atoms with E-state index in [9.17, 15) is 9.59 Å². The number of nitrogens with zero attached hydrogens (tertiary/aromatic N) is 2. The Hall–Kier alpha value is -3.12. The molecule has 0 aliphatic carbocycles. The fourth-order valence-corrected chi connectivity index (χ4v) is 3.39. The minimum atomic E-state index is -0.568. The lowest BCUT2D eigenvalue weighted by Gasteiger charge is -2.09. The number of halogens is 1. The van der Waals surface area contributed by atoms with Crippen LogP contribution in [0.4, 0.5) is 0 Å². The van der Waals surface area contributed by atoms with E-state index in [2.05, 4.69) is 10.4 Å². The molecule has 2 aromatic carbocycles. The van der Waals surface area contributed by atoms with Crippen molar-refractivity contribution in [2.45, 2.75) is 33.9 Å². The molecule has 0 aliphatic rings. The molecule has 0 unspecified atom stereocenters. The van der Waals surface area contributed by atoms with Crippen LogP contribution in [-0.2, 0) is 22.6 Å². The highest BCUT2D eigenvalue weighted by Gasteiger charge is 2.21. The van der Waals surface area contributed by atoms with Crippen LogP contribution in [0.15, 0.2) is 48.5 Å². The zero-order chi connectivity index (χ0) is 21.7. The van der Waals surface area contributed by atoms with Crippen LogP contribution in [0.2, 0.25) is 5.02 Å². The van der Waals surface area contributed by atoms with E-state index in [-0.39, 0.29) is 12.5 Å². The zero-order valence-corrected chi connectivity index (χ0v) is 18.0. The van der Waals surface area contributed by atoms with Crippen LogP contribution in [0.25, 0.3) is 0 Å². The van der Waals surface area contributed by atoms with Crippen molar-refractivity contribution in [2.24, 2.45) is 0 Å². The van der Waals surface area contributed by atoms with Gasteiger partial charge in [0.25, 0.3) is 5.91 Å². The van der Waals surface area contributed by atoms with Crippen molar-refractivity contribution in [3.8, 4) is 0 Å². The second-order valence-electron chi connectivity index (χ2n) is 7.07. The maximum atomic E-state index is 12.6. The van der Waals surface area contributed by atoms with Gasteiger partial charge in [-0.05, 0) is 43.5 Å². The minimum Gasteiger partial charge on any atom is -0.452 e. The van der Waals surface area contributed by atoms with Crippen LogP contribution >= 0.6 is 11.6 Å². The number of esters is 1. The quantitative estimate of drug-likeness (QED) is 0.581. The first kappa shape index (κ1) is 21.6. The molecule has 1 aromatic heterocycles. The lowest BCUT2D eigenvalue weighted by atomic mass is 10.1. The minimum absolute atomic E-state index is 0.348. The van der Waals surface area contributed by atoms with E-state index in [0.29, 0.717) is 35.1 Å². The Labute approximate surface area is 180 Å². The van der Waals surface area contributed by atoms with Crippen molar-refractivity contribution in [2.75, 3.05) is 6.61 Å². The van der Waals surface area contributed by atoms with Crippen LogP contribution in [0.1, 0.15) is 38.4 Å². The molecule has 6 nitrogen and oxygen atoms in total. The third-order valence-corrected chi connectivity index (χ3v) is 5.30. The number of benzene rings is 2. The van der Waals surface area contributed by atoms with Gasteiger partial charge in [-0.2, -0.15) is 5.10 Å². The van der Waals surface area contributed by atoms with E-state index in [1.165, 1.54) is 0 Å². The highest BCUT2D eigenvalue weighted by Crippen LogP contribution is 2.20. The molecular weight excluding hydrogens is 402 g/mol. The summed E-state index contributed by atoms with van der Waals surface area (Å²) in [5.74, 6) is -0.924. The molecule has 1 N–H and O–H groups in total. The van der Waals surface area contributed by atoms with Crippen molar-refractivity contribution < 1.29 is 14.3 Å². The molecule has 1 amide bonds. The highest BCUT2D eigenvalue weighted by atomic mass is 35.5. The third-order valence-electron chi connectivity index (χ3n) is 4.94. The predicted molar refractivity (Wildman–Crippen MR) is 116 cm³/mol. The number of aryl methyl sites for hydroxylation is 2. The summed E-state index contributed by atoms with van der Waals surface area (Å²) < 4.78 is 6.94. The van der Waals surface area contributed by atoms with E-state index >= 15 is 0 Å². The van der Waals surface area contributed by atoms with E-state index in [1.807, 2.05) is 55.5 Å². The molecule has 30 heavy (non-hydrogen) atoms. The van der Waals surface area contributed by atoms with Crippen LogP contribution in [0.3, 0.4) is 0 Å². The molecule has 0 saturated carbocycles. The van der Waals surface area contributed by atoms with Gasteiger partial charge in [0.2, 0.25) is 0 Å². The first-order valence-electron chi connectivity index (χ1n) is 9.62. The van der Waals surface area contributed by atoms with Gasteiger partial charge in [0.05, 0.1) is 17.9 Å². The molecule has 0 radical (unpaired) electrons. The monoisotopic (exact) mass is 425 g/mol. The number of aromatic nitrogens is 2. The van der Waals surface area contributed by atoms with Gasteiger partial charge in [0.15, 0.2) is 6.61 Å². The summed E-state index contributed by atoms with van der Waals surface area (Å²) in [4.78, 5) is 24.7. The normalized spacial score (nSPS) is 10.7. The number of rotatable bonds is 7. The lowest BCUT2D eigenvalue weighted by molar-refractivity contribution is -0.124. The van der Waals surface area contributed by atoms with Crippen molar-refractivity contribution in [1.82, 2.24) is 15.1 Å². The van der Waals surface area contributed by atoms with Gasteiger partial charge in [0, 0.05) is 11.6 Å². The second-order valence-corrected chi connectivity index (χ2v) is 7.48. The summed E-state index contributed by atoms with van der Waals surface area (Å²) in [5.41, 5.74) is 4.59. The SMILES string of the molecule is Cc1ccccc1CNC(=O)COC(=O)c1c(C)nn(Cc2ccccc2Cl)c1C. The molecule has 156 valence electrons. The zero-order valence-electron chi connectivity index (χ0n) is 17.2. The standard InChI is InChI=1S/C23H24ClN3O3/c1-15-8-4-5-9-18(15)12-25-21(28)14-30-23(29)22-16(2)26-27(17(22)3)13-19-10-6-7-11-20(19)24/h4-11H,12-14H2,1-3H3,(H,25,28). The van der Waals surface area contributed by atoms with Crippen molar-refractivity contribution in [1.29, 1.82) is 0 Å². The van der Waals surface area contributed by atoms with E-state index in [1.54, 1.807) is 18.5 Å². The summed E-state index contributed by atoms with van der Waals surface area (Å²) in [6.07, 6.45) is 0. The number of carbonyl (C=O) groups is 2. The maximum Gasteiger partial charge on any atom is 0.342 e. The van der Waals surface area contributed by atoms with Crippen LogP contribution in [0, 0.1) is 20.8 Å². The summed E-state index contributed by atoms with van der Waals surface area (Å²) in [6.45, 7) is 6.00. The van der Waals surface area contributed by atoms with Crippen molar-refractivity contribution in [3.63, 3.8) is 0 Å². The molecule has 0 bridgehead atoms. The molecule has 0 atom stereocenters. The summed E-state index contributed by atoms with van der Waals surface area (Å²) in [7, 11) is 0. The van der Waals surface area contributed by atoms with Crippen LogP contribution < -0.4 is 5.32 Å². The summed E-state index contributed by atoms with van der Waals surface area (Å²) >= 11 is 6.23. The fourth-order valence-electron chi connectivity index (χ4n) is 3.19. The number of hydrogen-bond donors (Lipinski definition) is 1. The van der Waals surface area contributed by atoms with Gasteiger partial charge < -0.3 is 10.1 Å². The smallest absolute Gasteiger partial charge is 0.342 e. The number of hydrogen-bond acceptors (Lipinski definition) is 4. The van der Waals surface area contributed by atoms with Crippen molar-refractivity contribution >= 4 is 23.5 Å². The first-order chi connectivity index (χ1) is 14.4. The molecule has 0 saturated heterocycles. The lowest BCUT2D eigenvalue weighted by Crippen LogP contribution is -2.28. The average Bonchev–Trinajstić information content (AvgIpc) is 3.00. The van der Waals surface area contributed by atoms with Gasteiger partial charge in [-0.1, -0.05) is 54.1 Å².